The molecule has 2 amide bonds. The zero-order valence-corrected chi connectivity index (χ0v) is 15.5. The van der Waals surface area contributed by atoms with E-state index in [2.05, 4.69) is 4.90 Å². The number of carbonyl (C=O) groups excluding carboxylic acids is 2. The van der Waals surface area contributed by atoms with E-state index in [4.69, 9.17) is 0 Å². The van der Waals surface area contributed by atoms with Gasteiger partial charge in [-0.15, -0.1) is 0 Å². The molecule has 1 aromatic rings. The molecule has 2 heterocycles. The van der Waals surface area contributed by atoms with Crippen molar-refractivity contribution < 1.29 is 9.59 Å². The van der Waals surface area contributed by atoms with Gasteiger partial charge >= 0.3 is 4.87 Å². The summed E-state index contributed by atoms with van der Waals surface area (Å²) in [6.45, 7) is 5.61. The number of aromatic nitrogens is 1. The van der Waals surface area contributed by atoms with Gasteiger partial charge in [-0.1, -0.05) is 11.3 Å². The van der Waals surface area contributed by atoms with Gasteiger partial charge in [0.1, 0.15) is 0 Å². The van der Waals surface area contributed by atoms with Gasteiger partial charge in [-0.05, 0) is 13.3 Å². The second-order valence-electron chi connectivity index (χ2n) is 6.34. The lowest BCUT2D eigenvalue weighted by molar-refractivity contribution is -0.131. The number of rotatable bonds is 5. The predicted octanol–water partition coefficient (Wildman–Crippen LogP) is 0.231. The summed E-state index contributed by atoms with van der Waals surface area (Å²) in [4.78, 5) is 41.5. The van der Waals surface area contributed by atoms with E-state index < -0.39 is 0 Å². The van der Waals surface area contributed by atoms with Crippen molar-refractivity contribution in [1.82, 2.24) is 19.3 Å². The van der Waals surface area contributed by atoms with Crippen molar-refractivity contribution in [3.63, 3.8) is 0 Å². The Morgan fingerprint density at radius 1 is 1.21 bits per heavy atom. The lowest BCUT2D eigenvalue weighted by Crippen LogP contribution is -2.39. The first-order valence-electron chi connectivity index (χ1n) is 8.23. The fourth-order valence-corrected chi connectivity index (χ4v) is 3.51. The number of hydrogen-bond acceptors (Lipinski definition) is 5. The molecule has 0 atom stereocenters. The molecule has 1 aromatic heterocycles. The van der Waals surface area contributed by atoms with Crippen molar-refractivity contribution in [1.29, 1.82) is 0 Å². The highest BCUT2D eigenvalue weighted by atomic mass is 32.1. The van der Waals surface area contributed by atoms with Crippen LogP contribution in [0.5, 0.6) is 0 Å². The van der Waals surface area contributed by atoms with E-state index in [1.807, 2.05) is 17.2 Å². The van der Waals surface area contributed by atoms with Gasteiger partial charge in [0.2, 0.25) is 11.8 Å². The number of carbonyl (C=O) groups is 2. The Morgan fingerprint density at radius 2 is 1.96 bits per heavy atom. The minimum Gasteiger partial charge on any atom is -0.348 e. The van der Waals surface area contributed by atoms with Crippen molar-refractivity contribution in [2.24, 2.45) is 0 Å². The molecule has 134 valence electrons. The number of hydrogen-bond donors (Lipinski definition) is 0. The molecule has 1 fully saturated rings. The summed E-state index contributed by atoms with van der Waals surface area (Å²) in [6.07, 6.45) is 1.21. The number of aryl methyl sites for hydroxylation is 1. The van der Waals surface area contributed by atoms with E-state index in [-0.39, 0.29) is 16.7 Å². The average molecular weight is 354 g/mol. The summed E-state index contributed by atoms with van der Waals surface area (Å²) in [6, 6.07) is 0. The van der Waals surface area contributed by atoms with Crippen LogP contribution in [0.4, 0.5) is 0 Å². The van der Waals surface area contributed by atoms with Crippen molar-refractivity contribution in [3.8, 4) is 0 Å². The van der Waals surface area contributed by atoms with E-state index in [0.717, 1.165) is 18.7 Å². The van der Waals surface area contributed by atoms with Crippen LogP contribution in [0.3, 0.4) is 0 Å². The molecule has 0 unspecified atom stereocenters. The van der Waals surface area contributed by atoms with Gasteiger partial charge in [0.25, 0.3) is 0 Å². The minimum absolute atomic E-state index is 0.00969. The SMILES string of the molecule is Cc1csc(=O)n1CCC(=O)N1CCCN(CC(=O)N(C)C)CC1. The standard InChI is InChI=1S/C16H26N4O3S/c1-13-12-24-16(23)20(13)8-5-14(21)19-7-4-6-18(9-10-19)11-15(22)17(2)3/h12H,4-11H2,1-3H3. The molecule has 0 aromatic carbocycles. The molecule has 1 saturated heterocycles. The van der Waals surface area contributed by atoms with Crippen LogP contribution in [-0.4, -0.2) is 77.9 Å². The molecule has 1 aliphatic heterocycles. The largest absolute Gasteiger partial charge is 0.348 e. The van der Waals surface area contributed by atoms with Gasteiger partial charge in [0, 0.05) is 64.3 Å². The number of thiazole rings is 1. The van der Waals surface area contributed by atoms with Crippen LogP contribution in [0.15, 0.2) is 10.2 Å². The fourth-order valence-electron chi connectivity index (χ4n) is 2.75. The Hall–Kier alpha value is -1.67. The van der Waals surface area contributed by atoms with Crippen molar-refractivity contribution in [2.75, 3.05) is 46.8 Å². The van der Waals surface area contributed by atoms with Gasteiger partial charge < -0.3 is 14.4 Å². The summed E-state index contributed by atoms with van der Waals surface area (Å²) < 4.78 is 1.66. The first-order chi connectivity index (χ1) is 11.4. The third-order valence-corrected chi connectivity index (χ3v) is 5.21. The van der Waals surface area contributed by atoms with Gasteiger partial charge in [0.15, 0.2) is 0 Å². The van der Waals surface area contributed by atoms with Crippen LogP contribution in [0.2, 0.25) is 0 Å². The number of amides is 2. The topological polar surface area (TPSA) is 65.9 Å². The van der Waals surface area contributed by atoms with Crippen LogP contribution in [0, 0.1) is 6.92 Å². The molecule has 8 heteroatoms. The van der Waals surface area contributed by atoms with Crippen LogP contribution in [0.1, 0.15) is 18.5 Å². The first kappa shape index (κ1) is 18.7. The quantitative estimate of drug-likeness (QED) is 0.759. The molecule has 24 heavy (non-hydrogen) atoms. The Labute approximate surface area is 146 Å². The zero-order valence-electron chi connectivity index (χ0n) is 14.7. The average Bonchev–Trinajstić information content (AvgIpc) is 2.74. The monoisotopic (exact) mass is 354 g/mol. The van der Waals surface area contributed by atoms with E-state index in [1.54, 1.807) is 23.6 Å². The Bertz CT molecular complexity index is 638. The van der Waals surface area contributed by atoms with Crippen LogP contribution in [0.25, 0.3) is 0 Å². The van der Waals surface area contributed by atoms with Crippen LogP contribution in [-0.2, 0) is 16.1 Å². The van der Waals surface area contributed by atoms with E-state index in [0.29, 0.717) is 39.1 Å². The summed E-state index contributed by atoms with van der Waals surface area (Å²) in [5.74, 6) is 0.162. The lowest BCUT2D eigenvalue weighted by Gasteiger charge is -2.23. The smallest absolute Gasteiger partial charge is 0.307 e. The van der Waals surface area contributed by atoms with Crippen LogP contribution >= 0.6 is 11.3 Å². The van der Waals surface area contributed by atoms with Crippen LogP contribution < -0.4 is 4.87 Å². The molecule has 0 N–H and O–H groups in total. The van der Waals surface area contributed by atoms with E-state index in [9.17, 15) is 14.4 Å². The highest BCUT2D eigenvalue weighted by molar-refractivity contribution is 7.07. The van der Waals surface area contributed by atoms with Gasteiger partial charge in [-0.25, -0.2) is 0 Å². The Kier molecular flexibility index (Phi) is 6.56. The third-order valence-electron chi connectivity index (χ3n) is 4.32. The van der Waals surface area contributed by atoms with Gasteiger partial charge in [-0.2, -0.15) is 0 Å². The summed E-state index contributed by atoms with van der Waals surface area (Å²) >= 11 is 1.17. The molecular formula is C16H26N4O3S. The van der Waals surface area contributed by atoms with Crippen molar-refractivity contribution in [3.05, 3.63) is 20.7 Å². The van der Waals surface area contributed by atoms with E-state index in [1.165, 1.54) is 11.3 Å². The zero-order chi connectivity index (χ0) is 17.7. The molecule has 0 radical (unpaired) electrons. The summed E-state index contributed by atoms with van der Waals surface area (Å²) in [7, 11) is 3.51. The maximum atomic E-state index is 12.4. The third kappa shape index (κ3) is 4.91. The normalized spacial score (nSPS) is 16.0. The summed E-state index contributed by atoms with van der Waals surface area (Å²) in [5.41, 5.74) is 0.905. The maximum absolute atomic E-state index is 12.4. The molecule has 0 saturated carbocycles. The molecular weight excluding hydrogens is 328 g/mol. The maximum Gasteiger partial charge on any atom is 0.307 e. The minimum atomic E-state index is -0.00969. The van der Waals surface area contributed by atoms with Gasteiger partial charge in [-0.3, -0.25) is 19.3 Å². The van der Waals surface area contributed by atoms with E-state index >= 15 is 0 Å². The first-order valence-corrected chi connectivity index (χ1v) is 9.11. The fraction of sp³-hybridized carbons (Fsp3) is 0.688. The highest BCUT2D eigenvalue weighted by Gasteiger charge is 2.21. The number of nitrogens with zero attached hydrogens (tertiary/aromatic N) is 4. The highest BCUT2D eigenvalue weighted by Crippen LogP contribution is 2.07. The molecule has 0 bridgehead atoms. The number of likely N-dealkylation sites (N-methyl/N-ethyl adjacent to an activating group) is 1. The molecule has 7 nitrogen and oxygen atoms in total. The summed E-state index contributed by atoms with van der Waals surface area (Å²) in [5, 5.41) is 1.82. The van der Waals surface area contributed by atoms with Crippen molar-refractivity contribution >= 4 is 23.2 Å². The molecule has 2 rings (SSSR count). The predicted molar refractivity (Wildman–Crippen MR) is 94.3 cm³/mol. The lowest BCUT2D eigenvalue weighted by atomic mass is 10.3. The van der Waals surface area contributed by atoms with Gasteiger partial charge in [0.05, 0.1) is 6.54 Å². The Morgan fingerprint density at radius 3 is 2.58 bits per heavy atom. The molecule has 0 aliphatic carbocycles. The molecule has 0 spiro atoms. The second kappa shape index (κ2) is 8.43. The molecule has 1 aliphatic rings. The Balaban J connectivity index is 1.83. The van der Waals surface area contributed by atoms with Crippen molar-refractivity contribution in [2.45, 2.75) is 26.3 Å². The second-order valence-corrected chi connectivity index (χ2v) is 7.16.